The topological polar surface area (TPSA) is 83.0 Å². The average Bonchev–Trinajstić information content (AvgIpc) is 3.61. The first-order valence-electron chi connectivity index (χ1n) is 12.6. The molecule has 3 aromatic rings. The largest absolute Gasteiger partial charge is 0.379 e. The molecule has 0 spiro atoms. The third kappa shape index (κ3) is 5.69. The first-order chi connectivity index (χ1) is 17.8. The van der Waals surface area contributed by atoms with Gasteiger partial charge in [0, 0.05) is 49.9 Å². The molecular weight excluding hydrogens is 532 g/mol. The van der Waals surface area contributed by atoms with E-state index in [4.69, 9.17) is 21.3 Å². The van der Waals surface area contributed by atoms with Crippen molar-refractivity contribution in [2.75, 3.05) is 57.4 Å². The van der Waals surface area contributed by atoms with E-state index in [0.717, 1.165) is 67.9 Å². The van der Waals surface area contributed by atoms with Crippen LogP contribution in [-0.4, -0.2) is 81.0 Å². The molecule has 0 radical (unpaired) electrons. The summed E-state index contributed by atoms with van der Waals surface area (Å²) in [7, 11) is -3.54. The molecule has 2 fully saturated rings. The quantitative estimate of drug-likeness (QED) is 0.404. The Bertz CT molecular complexity index is 1370. The van der Waals surface area contributed by atoms with Crippen molar-refractivity contribution in [1.29, 1.82) is 0 Å². The van der Waals surface area contributed by atoms with Crippen molar-refractivity contribution in [2.45, 2.75) is 31.1 Å². The summed E-state index contributed by atoms with van der Waals surface area (Å²) in [4.78, 5) is 22.8. The molecule has 11 heteroatoms. The van der Waals surface area contributed by atoms with Gasteiger partial charge in [-0.05, 0) is 68.1 Å². The van der Waals surface area contributed by atoms with Crippen molar-refractivity contribution < 1.29 is 17.9 Å². The Morgan fingerprint density at radius 1 is 1.08 bits per heavy atom. The van der Waals surface area contributed by atoms with E-state index in [9.17, 15) is 13.2 Å². The predicted octanol–water partition coefficient (Wildman–Crippen LogP) is 4.41. The Morgan fingerprint density at radius 3 is 2.49 bits per heavy atom. The van der Waals surface area contributed by atoms with Crippen molar-refractivity contribution in [1.82, 2.24) is 14.2 Å². The number of fused-ring (bicyclic) bond motifs is 1. The number of hydrogen-bond acceptors (Lipinski definition) is 7. The molecule has 0 aliphatic carbocycles. The first kappa shape index (κ1) is 26.5. The summed E-state index contributed by atoms with van der Waals surface area (Å²) in [5.41, 5.74) is 2.12. The number of sulfonamides is 1. The number of anilines is 1. The zero-order chi connectivity index (χ0) is 26.0. The lowest BCUT2D eigenvalue weighted by molar-refractivity contribution is 0.0376. The van der Waals surface area contributed by atoms with Gasteiger partial charge in [0.1, 0.15) is 0 Å². The molecule has 0 unspecified atom stereocenters. The molecule has 5 rings (SSSR count). The molecule has 2 saturated heterocycles. The number of hydrogen-bond donors (Lipinski definition) is 0. The lowest BCUT2D eigenvalue weighted by atomic mass is 10.2. The standard InChI is InChI=1S/C26H31ClN4O4S2/c1-19-22(27)9-10-23-24(19)28-26(36-23)31(14-4-11-29-15-17-35-18-16-29)25(32)20-5-7-21(8-6-20)37(33,34)30-12-2-3-13-30/h5-10H,2-4,11-18H2,1H3. The average molecular weight is 563 g/mol. The fourth-order valence-corrected chi connectivity index (χ4v) is 7.49. The maximum absolute atomic E-state index is 13.7. The second-order valence-corrected chi connectivity index (χ2v) is 12.8. The number of carbonyl (C=O) groups is 1. The summed E-state index contributed by atoms with van der Waals surface area (Å²) in [6.45, 7) is 7.60. The number of nitrogens with zero attached hydrogens (tertiary/aromatic N) is 4. The molecule has 0 saturated carbocycles. The van der Waals surface area contributed by atoms with Crippen molar-refractivity contribution in [2.24, 2.45) is 0 Å². The molecule has 198 valence electrons. The molecule has 0 bridgehead atoms. The summed E-state index contributed by atoms with van der Waals surface area (Å²) in [5, 5.41) is 1.26. The van der Waals surface area contributed by atoms with Crippen LogP contribution in [0.5, 0.6) is 0 Å². The molecule has 2 aromatic carbocycles. The van der Waals surface area contributed by atoms with Crippen LogP contribution in [-0.2, 0) is 14.8 Å². The second kappa shape index (κ2) is 11.3. The highest BCUT2D eigenvalue weighted by atomic mass is 35.5. The fourth-order valence-electron chi connectivity index (χ4n) is 4.77. The van der Waals surface area contributed by atoms with Gasteiger partial charge in [-0.1, -0.05) is 22.9 Å². The van der Waals surface area contributed by atoms with Gasteiger partial charge < -0.3 is 4.74 Å². The summed E-state index contributed by atoms with van der Waals surface area (Å²) in [5.74, 6) is -0.199. The Morgan fingerprint density at radius 2 is 1.78 bits per heavy atom. The zero-order valence-corrected chi connectivity index (χ0v) is 23.2. The van der Waals surface area contributed by atoms with Crippen molar-refractivity contribution in [3.05, 3.63) is 52.5 Å². The number of morpholine rings is 1. The maximum atomic E-state index is 13.7. The second-order valence-electron chi connectivity index (χ2n) is 9.42. The van der Waals surface area contributed by atoms with Crippen LogP contribution in [0.1, 0.15) is 35.2 Å². The summed E-state index contributed by atoms with van der Waals surface area (Å²) in [6.07, 6.45) is 2.53. The highest BCUT2D eigenvalue weighted by Gasteiger charge is 2.28. The number of rotatable bonds is 8. The summed E-state index contributed by atoms with van der Waals surface area (Å²) < 4.78 is 33.8. The lowest BCUT2D eigenvalue weighted by Gasteiger charge is -2.27. The van der Waals surface area contributed by atoms with E-state index in [2.05, 4.69) is 4.90 Å². The van der Waals surface area contributed by atoms with Crippen LogP contribution in [0, 0.1) is 6.92 Å². The van der Waals surface area contributed by atoms with Crippen molar-refractivity contribution in [3.63, 3.8) is 0 Å². The van der Waals surface area contributed by atoms with Gasteiger partial charge in [0.25, 0.3) is 5.91 Å². The van der Waals surface area contributed by atoms with Gasteiger partial charge in [-0.25, -0.2) is 13.4 Å². The van der Waals surface area contributed by atoms with Crippen LogP contribution >= 0.6 is 22.9 Å². The van der Waals surface area contributed by atoms with Gasteiger partial charge in [-0.3, -0.25) is 14.6 Å². The minimum atomic E-state index is -3.54. The van der Waals surface area contributed by atoms with E-state index >= 15 is 0 Å². The SMILES string of the molecule is Cc1c(Cl)ccc2sc(N(CCCN3CCOCC3)C(=O)c3ccc(S(=O)(=O)N4CCCC4)cc3)nc12. The summed E-state index contributed by atoms with van der Waals surface area (Å²) in [6, 6.07) is 10.1. The van der Waals surface area contributed by atoms with Crippen LogP contribution in [0.2, 0.25) is 5.02 Å². The van der Waals surface area contributed by atoms with E-state index in [1.807, 2.05) is 19.1 Å². The Kier molecular flexibility index (Phi) is 8.13. The van der Waals surface area contributed by atoms with Crippen molar-refractivity contribution >= 4 is 54.2 Å². The van der Waals surface area contributed by atoms with Crippen LogP contribution in [0.15, 0.2) is 41.3 Å². The molecule has 1 aromatic heterocycles. The number of amides is 1. The van der Waals surface area contributed by atoms with E-state index in [1.165, 1.54) is 27.8 Å². The first-order valence-corrected chi connectivity index (χ1v) is 15.3. The number of carbonyl (C=O) groups excluding carboxylic acids is 1. The van der Waals surface area contributed by atoms with Gasteiger partial charge in [-0.2, -0.15) is 4.31 Å². The molecule has 3 heterocycles. The van der Waals surface area contributed by atoms with Gasteiger partial charge in [-0.15, -0.1) is 0 Å². The third-order valence-corrected chi connectivity index (χ3v) is 10.3. The number of thiazole rings is 1. The minimum absolute atomic E-state index is 0.199. The van der Waals surface area contributed by atoms with Gasteiger partial charge in [0.2, 0.25) is 10.0 Å². The van der Waals surface area contributed by atoms with Crippen LogP contribution in [0.4, 0.5) is 5.13 Å². The minimum Gasteiger partial charge on any atom is -0.379 e. The van der Waals surface area contributed by atoms with Crippen molar-refractivity contribution in [3.8, 4) is 0 Å². The van der Waals surface area contributed by atoms with E-state index < -0.39 is 10.0 Å². The predicted molar refractivity (Wildman–Crippen MR) is 147 cm³/mol. The molecule has 0 atom stereocenters. The van der Waals surface area contributed by atoms with Gasteiger partial charge in [0.15, 0.2) is 5.13 Å². The van der Waals surface area contributed by atoms with Crippen LogP contribution in [0.25, 0.3) is 10.2 Å². The van der Waals surface area contributed by atoms with Gasteiger partial charge in [0.05, 0.1) is 28.3 Å². The monoisotopic (exact) mass is 562 g/mol. The zero-order valence-electron chi connectivity index (χ0n) is 20.9. The summed E-state index contributed by atoms with van der Waals surface area (Å²) >= 11 is 7.78. The Balaban J connectivity index is 1.40. The van der Waals surface area contributed by atoms with E-state index in [1.54, 1.807) is 17.0 Å². The normalized spacial score (nSPS) is 17.5. The Labute approximate surface area is 226 Å². The highest BCUT2D eigenvalue weighted by Crippen LogP contribution is 2.34. The smallest absolute Gasteiger partial charge is 0.260 e. The van der Waals surface area contributed by atoms with Crippen LogP contribution < -0.4 is 4.90 Å². The highest BCUT2D eigenvalue weighted by molar-refractivity contribution is 7.89. The molecule has 37 heavy (non-hydrogen) atoms. The molecule has 0 N–H and O–H groups in total. The fraction of sp³-hybridized carbons (Fsp3) is 0.462. The number of halogens is 1. The number of aromatic nitrogens is 1. The lowest BCUT2D eigenvalue weighted by Crippen LogP contribution is -2.39. The number of ether oxygens (including phenoxy) is 1. The molecule has 8 nitrogen and oxygen atoms in total. The maximum Gasteiger partial charge on any atom is 0.260 e. The molecule has 2 aliphatic heterocycles. The number of aryl methyl sites for hydroxylation is 1. The Hall–Kier alpha value is -2.08. The van der Waals surface area contributed by atoms with Crippen LogP contribution in [0.3, 0.4) is 0 Å². The molecule has 2 aliphatic rings. The van der Waals surface area contributed by atoms with E-state index in [-0.39, 0.29) is 10.8 Å². The van der Waals surface area contributed by atoms with Gasteiger partial charge >= 0.3 is 0 Å². The molecule has 1 amide bonds. The number of benzene rings is 2. The third-order valence-electron chi connectivity index (χ3n) is 6.98. The van der Waals surface area contributed by atoms with E-state index in [0.29, 0.717) is 35.4 Å². The molecular formula is C26H31ClN4O4S2.